The van der Waals surface area contributed by atoms with Crippen molar-refractivity contribution in [1.29, 1.82) is 0 Å². The van der Waals surface area contributed by atoms with Gasteiger partial charge in [-0.25, -0.2) is 19.7 Å². The second-order valence-corrected chi connectivity index (χ2v) is 10.5. The zero-order valence-electron chi connectivity index (χ0n) is 23.9. The molecule has 2 aromatic heterocycles. The van der Waals surface area contributed by atoms with E-state index in [0.717, 1.165) is 42.3 Å². The summed E-state index contributed by atoms with van der Waals surface area (Å²) in [6, 6.07) is 17.0. The summed E-state index contributed by atoms with van der Waals surface area (Å²) < 4.78 is 12.1. The number of para-hydroxylation sites is 2. The van der Waals surface area contributed by atoms with Crippen molar-refractivity contribution in [3.63, 3.8) is 0 Å². The average Bonchev–Trinajstić information content (AvgIpc) is 2.99. The van der Waals surface area contributed by atoms with Gasteiger partial charge in [0.2, 0.25) is 5.95 Å². The van der Waals surface area contributed by atoms with Crippen molar-refractivity contribution in [1.82, 2.24) is 19.9 Å². The number of rotatable bonds is 11. The fraction of sp³-hybridized carbons (Fsp3) is 0.323. The quantitative estimate of drug-likeness (QED) is 0.214. The molecule has 2 aromatic carbocycles. The zero-order valence-corrected chi connectivity index (χ0v) is 23.9. The number of nitrogens with zero attached hydrogens (tertiary/aromatic N) is 5. The van der Waals surface area contributed by atoms with Crippen LogP contribution < -0.4 is 25.0 Å². The molecule has 42 heavy (non-hydrogen) atoms. The van der Waals surface area contributed by atoms with Gasteiger partial charge >= 0.3 is 5.97 Å². The number of anilines is 4. The van der Waals surface area contributed by atoms with Gasteiger partial charge in [0, 0.05) is 24.0 Å². The van der Waals surface area contributed by atoms with E-state index in [2.05, 4.69) is 30.5 Å². The Morgan fingerprint density at radius 2 is 1.86 bits per heavy atom. The second kappa shape index (κ2) is 12.7. The topological polar surface area (TPSA) is 135 Å². The number of carbonyl (C=O) groups is 1. The summed E-state index contributed by atoms with van der Waals surface area (Å²) in [6.45, 7) is 7.30. The summed E-state index contributed by atoms with van der Waals surface area (Å²) in [5.41, 5.74) is 1.20. The molecule has 1 aliphatic rings. The third-order valence-corrected chi connectivity index (χ3v) is 6.83. The van der Waals surface area contributed by atoms with E-state index in [4.69, 9.17) is 14.5 Å². The summed E-state index contributed by atoms with van der Waals surface area (Å²) in [7, 11) is 0. The van der Waals surface area contributed by atoms with E-state index in [-0.39, 0.29) is 6.10 Å². The molecular formula is C31H35N7O4. The summed E-state index contributed by atoms with van der Waals surface area (Å²) in [5, 5.41) is 15.6. The van der Waals surface area contributed by atoms with E-state index in [1.807, 2.05) is 61.5 Å². The molecule has 0 amide bonds. The Morgan fingerprint density at radius 3 is 2.62 bits per heavy atom. The van der Waals surface area contributed by atoms with Crippen molar-refractivity contribution in [2.75, 3.05) is 35.2 Å². The van der Waals surface area contributed by atoms with Crippen LogP contribution in [-0.4, -0.2) is 62.4 Å². The molecule has 1 atom stereocenters. The van der Waals surface area contributed by atoms with E-state index in [1.165, 1.54) is 0 Å². The number of carboxylic acids is 1. The molecule has 0 saturated carbocycles. The summed E-state index contributed by atoms with van der Waals surface area (Å²) >= 11 is 0. The Hall–Kier alpha value is -4.93. The van der Waals surface area contributed by atoms with Crippen molar-refractivity contribution < 1.29 is 19.4 Å². The number of hydrogen-bond acceptors (Lipinski definition) is 10. The lowest BCUT2D eigenvalue weighted by Crippen LogP contribution is -2.41. The third kappa shape index (κ3) is 7.03. The minimum atomic E-state index is -1.08. The van der Waals surface area contributed by atoms with Gasteiger partial charge in [-0.05, 0) is 63.9 Å². The molecule has 3 N–H and O–H groups in total. The van der Waals surface area contributed by atoms with Gasteiger partial charge in [-0.15, -0.1) is 0 Å². The number of piperidine rings is 1. The van der Waals surface area contributed by atoms with Gasteiger partial charge in [0.1, 0.15) is 17.5 Å². The molecule has 3 heterocycles. The summed E-state index contributed by atoms with van der Waals surface area (Å²) in [5.74, 6) is 2.24. The summed E-state index contributed by atoms with van der Waals surface area (Å²) in [4.78, 5) is 31.8. The molecule has 218 valence electrons. The second-order valence-electron chi connectivity index (χ2n) is 10.5. The minimum absolute atomic E-state index is 0.00410. The van der Waals surface area contributed by atoms with Crippen LogP contribution in [0.15, 0.2) is 73.2 Å². The molecule has 11 nitrogen and oxygen atoms in total. The molecule has 0 radical (unpaired) electrons. The predicted octanol–water partition coefficient (Wildman–Crippen LogP) is 5.40. The van der Waals surface area contributed by atoms with Crippen LogP contribution >= 0.6 is 0 Å². The molecular weight excluding hydrogens is 534 g/mol. The monoisotopic (exact) mass is 569 g/mol. The Kier molecular flexibility index (Phi) is 8.66. The van der Waals surface area contributed by atoms with Crippen molar-refractivity contribution in [2.24, 2.45) is 0 Å². The molecule has 1 saturated heterocycles. The summed E-state index contributed by atoms with van der Waals surface area (Å²) in [6.07, 6.45) is 6.97. The lowest BCUT2D eigenvalue weighted by Gasteiger charge is -2.33. The fourth-order valence-corrected chi connectivity index (χ4v) is 4.65. The highest BCUT2D eigenvalue weighted by atomic mass is 16.5. The van der Waals surface area contributed by atoms with Crippen LogP contribution in [0.3, 0.4) is 0 Å². The molecule has 0 spiro atoms. The third-order valence-electron chi connectivity index (χ3n) is 6.83. The van der Waals surface area contributed by atoms with Crippen molar-refractivity contribution in [3.05, 3.63) is 73.2 Å². The fourth-order valence-electron chi connectivity index (χ4n) is 4.65. The molecule has 11 heteroatoms. The van der Waals surface area contributed by atoms with E-state index in [1.54, 1.807) is 32.4 Å². The molecule has 4 aromatic rings. The van der Waals surface area contributed by atoms with Gasteiger partial charge in [-0.1, -0.05) is 24.3 Å². The van der Waals surface area contributed by atoms with Crippen LogP contribution in [0.1, 0.15) is 33.6 Å². The van der Waals surface area contributed by atoms with Crippen LogP contribution in [-0.2, 0) is 4.79 Å². The predicted molar refractivity (Wildman–Crippen MR) is 162 cm³/mol. The molecule has 0 bridgehead atoms. The first-order chi connectivity index (χ1) is 20.3. The van der Waals surface area contributed by atoms with Crippen LogP contribution in [0, 0.1) is 0 Å². The number of hydrogen-bond donors (Lipinski definition) is 3. The lowest BCUT2D eigenvalue weighted by molar-refractivity contribution is -0.141. The van der Waals surface area contributed by atoms with E-state index < -0.39 is 11.5 Å². The van der Waals surface area contributed by atoms with Crippen LogP contribution in [0.4, 0.5) is 23.3 Å². The Bertz CT molecular complexity index is 1510. The largest absolute Gasteiger partial charge is 0.490 e. The van der Waals surface area contributed by atoms with Crippen molar-refractivity contribution in [3.8, 4) is 22.8 Å². The van der Waals surface area contributed by atoms with Crippen molar-refractivity contribution in [2.45, 2.75) is 45.3 Å². The average molecular weight is 570 g/mol. The number of ether oxygens (including phenoxy) is 2. The maximum atomic E-state index is 11.4. The van der Waals surface area contributed by atoms with Crippen molar-refractivity contribution >= 4 is 29.2 Å². The van der Waals surface area contributed by atoms with Crippen LogP contribution in [0.5, 0.6) is 11.5 Å². The molecule has 0 aliphatic carbocycles. The Labute approximate surface area is 245 Å². The SMILES string of the molecule is CCOc1ccccc1OC1CCCN(c2cncc(Nc3nccc(-c4ccc(NC(C)(C)C(=O)O)cc4)n3)n2)C1. The van der Waals surface area contributed by atoms with Gasteiger partial charge < -0.3 is 30.1 Å². The standard InChI is InChI=1S/C31H35N7O4/c1-4-41-25-9-5-6-10-26(25)42-23-8-7-17-38(20-23)28-19-32-18-27(35-28)36-30-33-16-15-24(34-30)21-11-13-22(14-12-21)37-31(2,3)29(39)40/h5-6,9-16,18-19,23,37H,4,7-8,17,20H2,1-3H3,(H,39,40)(H,33,34,35,36). The molecule has 1 fully saturated rings. The number of aliphatic carboxylic acids is 1. The minimum Gasteiger partial charge on any atom is -0.490 e. The smallest absolute Gasteiger partial charge is 0.328 e. The van der Waals surface area contributed by atoms with Gasteiger partial charge in [-0.2, -0.15) is 0 Å². The van der Waals surface area contributed by atoms with E-state index >= 15 is 0 Å². The van der Waals surface area contributed by atoms with E-state index in [0.29, 0.717) is 36.3 Å². The highest BCUT2D eigenvalue weighted by Crippen LogP contribution is 2.30. The van der Waals surface area contributed by atoms with Gasteiger partial charge in [0.25, 0.3) is 0 Å². The lowest BCUT2D eigenvalue weighted by atomic mass is 10.0. The van der Waals surface area contributed by atoms with E-state index in [9.17, 15) is 9.90 Å². The van der Waals surface area contributed by atoms with Gasteiger partial charge in [-0.3, -0.25) is 4.98 Å². The van der Waals surface area contributed by atoms with Gasteiger partial charge in [0.05, 0.1) is 31.2 Å². The molecule has 1 aliphatic heterocycles. The number of carboxylic acid groups (broad SMARTS) is 1. The highest BCUT2D eigenvalue weighted by molar-refractivity contribution is 5.81. The first-order valence-corrected chi connectivity index (χ1v) is 14.0. The maximum Gasteiger partial charge on any atom is 0.328 e. The Balaban J connectivity index is 1.25. The Morgan fingerprint density at radius 1 is 1.07 bits per heavy atom. The van der Waals surface area contributed by atoms with Gasteiger partial charge in [0.15, 0.2) is 17.3 Å². The number of nitrogens with one attached hydrogen (secondary N) is 2. The van der Waals surface area contributed by atoms with Crippen LogP contribution in [0.2, 0.25) is 0 Å². The highest BCUT2D eigenvalue weighted by Gasteiger charge is 2.26. The molecule has 5 rings (SSSR count). The first-order valence-electron chi connectivity index (χ1n) is 14.0. The number of benzene rings is 2. The normalized spacial score (nSPS) is 15.1. The van der Waals surface area contributed by atoms with Crippen LogP contribution in [0.25, 0.3) is 11.3 Å². The molecule has 1 unspecified atom stereocenters. The number of aromatic nitrogens is 4. The maximum absolute atomic E-state index is 11.4. The zero-order chi connectivity index (χ0) is 29.5. The first kappa shape index (κ1) is 28.6.